The highest BCUT2D eigenvalue weighted by Crippen LogP contribution is 2.48. The van der Waals surface area contributed by atoms with Crippen molar-refractivity contribution in [3.63, 3.8) is 0 Å². The summed E-state index contributed by atoms with van der Waals surface area (Å²) in [6.45, 7) is 21.8. The predicted molar refractivity (Wildman–Crippen MR) is 243 cm³/mol. The van der Waals surface area contributed by atoms with Gasteiger partial charge in [-0.3, -0.25) is 14.4 Å². The van der Waals surface area contributed by atoms with Crippen LogP contribution in [0.5, 0.6) is 0 Å². The Bertz CT molecular complexity index is 2330. The van der Waals surface area contributed by atoms with Crippen LogP contribution in [0.1, 0.15) is 161 Å². The Kier molecular flexibility index (Phi) is 14.5. The van der Waals surface area contributed by atoms with Gasteiger partial charge in [-0.15, -0.1) is 0 Å². The Hall–Kier alpha value is -5.05. The van der Waals surface area contributed by atoms with E-state index in [1.807, 2.05) is 19.1 Å². The average Bonchev–Trinajstić information content (AvgIpc) is 3.98. The molecule has 0 amide bonds. The summed E-state index contributed by atoms with van der Waals surface area (Å²) in [6, 6.07) is 2.15. The van der Waals surface area contributed by atoms with Crippen LogP contribution >= 0.6 is 0 Å². The van der Waals surface area contributed by atoms with E-state index in [0.717, 1.165) is 92.5 Å². The number of ether oxygens (including phenoxy) is 2. The van der Waals surface area contributed by atoms with Crippen LogP contribution in [0.4, 0.5) is 0 Å². The van der Waals surface area contributed by atoms with Gasteiger partial charge in [0.1, 0.15) is 12.5 Å². The summed E-state index contributed by atoms with van der Waals surface area (Å²) in [5.74, 6) is -1.06. The predicted octanol–water partition coefficient (Wildman–Crippen LogP) is 9.74. The van der Waals surface area contributed by atoms with E-state index in [4.69, 9.17) is 9.47 Å². The maximum Gasteiger partial charge on any atom is 0.321 e. The minimum absolute atomic E-state index is 0.0836. The van der Waals surface area contributed by atoms with E-state index in [-0.39, 0.29) is 36.6 Å². The second-order valence-electron chi connectivity index (χ2n) is 17.8. The number of allylic oxidation sites excluding steroid dienone is 3. The van der Waals surface area contributed by atoms with Crippen LogP contribution in [0.15, 0.2) is 35.7 Å². The van der Waals surface area contributed by atoms with E-state index in [9.17, 15) is 14.4 Å². The zero-order chi connectivity index (χ0) is 43.2. The van der Waals surface area contributed by atoms with Gasteiger partial charge in [0.25, 0.3) is 0 Å². The quantitative estimate of drug-likeness (QED) is 0.0575. The number of aromatic nitrogens is 3. The number of rotatable bonds is 18. The fraction of sp³-hybridized carbons (Fsp3) is 0.510. The molecule has 3 aromatic rings. The lowest BCUT2D eigenvalue weighted by atomic mass is 9.85. The van der Waals surface area contributed by atoms with Crippen molar-refractivity contribution in [2.24, 2.45) is 29.6 Å². The maximum absolute atomic E-state index is 14.3. The van der Waals surface area contributed by atoms with E-state index in [1.54, 1.807) is 0 Å². The minimum Gasteiger partial charge on any atom is -0.468 e. The van der Waals surface area contributed by atoms with Crippen molar-refractivity contribution in [1.82, 2.24) is 20.3 Å². The summed E-state index contributed by atoms with van der Waals surface area (Å²) in [5.41, 5.74) is 11.3. The Morgan fingerprint density at radius 3 is 2.33 bits per heavy atom. The number of Topliss-reactive ketones (excluding diaryl/α,β-unsaturated/α-hetero) is 1. The number of hydrogen-bond donors (Lipinski definition) is 4. The lowest BCUT2D eigenvalue weighted by molar-refractivity contribution is -0.143. The average molecular weight is 817 g/mol. The van der Waals surface area contributed by atoms with Crippen molar-refractivity contribution >= 4 is 47.6 Å². The van der Waals surface area contributed by atoms with Gasteiger partial charge in [-0.2, -0.15) is 0 Å². The number of esters is 2. The van der Waals surface area contributed by atoms with Crippen molar-refractivity contribution in [2.45, 2.75) is 126 Å². The number of aryl methyl sites for hydroxylation is 1. The van der Waals surface area contributed by atoms with Gasteiger partial charge in [-0.1, -0.05) is 91.4 Å². The van der Waals surface area contributed by atoms with Gasteiger partial charge < -0.3 is 29.7 Å². The first kappa shape index (κ1) is 44.5. The third-order valence-corrected chi connectivity index (χ3v) is 13.4. The first-order chi connectivity index (χ1) is 28.8. The van der Waals surface area contributed by atoms with Crippen LogP contribution < -0.4 is 16.0 Å². The third-order valence-electron chi connectivity index (χ3n) is 13.4. The van der Waals surface area contributed by atoms with Crippen LogP contribution in [0, 0.1) is 43.4 Å². The molecule has 0 unspecified atom stereocenters. The van der Waals surface area contributed by atoms with Crippen molar-refractivity contribution in [1.29, 1.82) is 0 Å². The fourth-order valence-corrected chi connectivity index (χ4v) is 9.69. The summed E-state index contributed by atoms with van der Waals surface area (Å²) in [5, 5.41) is 5.58. The zero-order valence-corrected chi connectivity index (χ0v) is 37.6. The molecule has 0 saturated carbocycles. The van der Waals surface area contributed by atoms with E-state index < -0.39 is 11.9 Å². The molecule has 1 saturated heterocycles. The SMILES string of the molecule is C=Cc1c2[nH]c(c1C)/C=C1\N/C(=C3\c4[nH]c(c(C)c4C(=O)[C@@H]3C(=O)OC)/C=c3\[nH]/c(cc3CC)=C\2)[C@@H](CCC(=O)OC/C=C(/C)CCC[C@H](C)CCC[C@H](C)CCC)[C@@H]1C. The number of H-pyrrole nitrogens is 3. The third kappa shape index (κ3) is 9.45. The molecule has 0 aromatic carbocycles. The number of methoxy groups -OCH3 is 1. The van der Waals surface area contributed by atoms with Crippen LogP contribution in [-0.2, 0) is 25.5 Å². The molecule has 5 heterocycles. The number of carbonyl (C=O) groups is 3. The largest absolute Gasteiger partial charge is 0.468 e. The Morgan fingerprint density at radius 1 is 0.917 bits per heavy atom. The molecule has 9 nitrogen and oxygen atoms in total. The van der Waals surface area contributed by atoms with E-state index in [2.05, 4.69) is 99.6 Å². The van der Waals surface area contributed by atoms with Gasteiger partial charge in [0.05, 0.1) is 12.8 Å². The number of hydrogen-bond acceptors (Lipinski definition) is 6. The van der Waals surface area contributed by atoms with Crippen LogP contribution in [0.3, 0.4) is 0 Å². The van der Waals surface area contributed by atoms with E-state index >= 15 is 0 Å². The first-order valence-electron chi connectivity index (χ1n) is 22.4. The number of carbonyl (C=O) groups excluding carboxylic acids is 3. The van der Waals surface area contributed by atoms with Crippen LogP contribution in [0.2, 0.25) is 0 Å². The smallest absolute Gasteiger partial charge is 0.321 e. The molecule has 322 valence electrons. The number of fused-ring (bicyclic) bond motifs is 7. The normalized spacial score (nSPS) is 22.6. The summed E-state index contributed by atoms with van der Waals surface area (Å²) >= 11 is 0. The number of ketones is 1. The van der Waals surface area contributed by atoms with Crippen molar-refractivity contribution in [3.05, 3.63) is 97.0 Å². The Balaban J connectivity index is 1.27. The molecule has 3 aromatic heterocycles. The summed E-state index contributed by atoms with van der Waals surface area (Å²) < 4.78 is 11.1. The van der Waals surface area contributed by atoms with Gasteiger partial charge >= 0.3 is 11.9 Å². The van der Waals surface area contributed by atoms with Gasteiger partial charge in [-0.05, 0) is 105 Å². The molecule has 0 spiro atoms. The molecular formula is C51H68N4O5. The summed E-state index contributed by atoms with van der Waals surface area (Å²) in [7, 11) is 1.32. The van der Waals surface area contributed by atoms with Crippen molar-refractivity contribution in [3.8, 4) is 0 Å². The lowest BCUT2D eigenvalue weighted by Crippen LogP contribution is -2.25. The molecule has 3 aliphatic rings. The topological polar surface area (TPSA) is 129 Å². The molecule has 9 heteroatoms. The molecule has 4 N–H and O–H groups in total. The second kappa shape index (κ2) is 19.6. The highest BCUT2D eigenvalue weighted by molar-refractivity contribution is 6.24. The highest BCUT2D eigenvalue weighted by Gasteiger charge is 2.48. The van der Waals surface area contributed by atoms with Crippen LogP contribution in [0.25, 0.3) is 29.9 Å². The zero-order valence-electron chi connectivity index (χ0n) is 37.6. The second-order valence-corrected chi connectivity index (χ2v) is 17.8. The van der Waals surface area contributed by atoms with Gasteiger partial charge in [-0.25, -0.2) is 0 Å². The standard InChI is InChI=1S/C51H68N4O5/c1-11-16-29(4)17-14-18-30(5)19-15-20-31(6)23-24-60-44(56)22-21-38-33(8)40-27-39-32(7)37(13-3)43(53-39)26-36-25-35(12-2)42(52-36)28-41-34(9)45-49(55-41)46(48(38)54-40)47(50(45)57)51(58)59-10/h13,23,25-30,33,38,47,52-55H,3,11-12,14-22,24H2,1-2,4-10H3/b31-23-,36-26-,40-27-,42-28-,48-46-/t29-,30-,33+,38+,47-/m1/s1. The van der Waals surface area contributed by atoms with Crippen LogP contribution in [-0.4, -0.2) is 46.4 Å². The molecule has 8 bridgehead atoms. The minimum atomic E-state index is -1.14. The molecular weight excluding hydrogens is 749 g/mol. The van der Waals surface area contributed by atoms with Gasteiger partial charge in [0, 0.05) is 74.1 Å². The van der Waals surface area contributed by atoms with Crippen molar-refractivity contribution < 1.29 is 23.9 Å². The molecule has 0 radical (unpaired) electrons. The van der Waals surface area contributed by atoms with Crippen molar-refractivity contribution in [2.75, 3.05) is 13.7 Å². The molecule has 2 aliphatic heterocycles. The lowest BCUT2D eigenvalue weighted by Gasteiger charge is -2.19. The summed E-state index contributed by atoms with van der Waals surface area (Å²) in [4.78, 5) is 52.1. The van der Waals surface area contributed by atoms with Gasteiger partial charge in [0.15, 0.2) is 5.78 Å². The molecule has 1 aliphatic carbocycles. The highest BCUT2D eigenvalue weighted by atomic mass is 16.5. The summed E-state index contributed by atoms with van der Waals surface area (Å²) in [6.07, 6.45) is 21.5. The molecule has 6 rings (SSSR count). The number of aromatic amines is 3. The number of nitrogens with one attached hydrogen (secondary N) is 4. The Labute approximate surface area is 357 Å². The molecule has 1 fully saturated rings. The van der Waals surface area contributed by atoms with E-state index in [1.165, 1.54) is 51.2 Å². The maximum atomic E-state index is 14.3. The first-order valence-corrected chi connectivity index (χ1v) is 22.4. The Morgan fingerprint density at radius 2 is 1.63 bits per heavy atom. The fourth-order valence-electron chi connectivity index (χ4n) is 9.69. The molecule has 60 heavy (non-hydrogen) atoms. The monoisotopic (exact) mass is 817 g/mol. The molecule has 5 atom stereocenters. The van der Waals surface area contributed by atoms with E-state index in [0.29, 0.717) is 23.3 Å². The van der Waals surface area contributed by atoms with Gasteiger partial charge in [0.2, 0.25) is 0 Å².